The molecule has 5 rings (SSSR count). The summed E-state index contributed by atoms with van der Waals surface area (Å²) in [5.41, 5.74) is 5.40. The zero-order chi connectivity index (χ0) is 26.6. The number of anilines is 1. The van der Waals surface area contributed by atoms with Crippen LogP contribution >= 0.6 is 11.8 Å². The fourth-order valence-corrected chi connectivity index (χ4v) is 7.36. The van der Waals surface area contributed by atoms with E-state index in [-0.39, 0.29) is 0 Å². The van der Waals surface area contributed by atoms with Crippen molar-refractivity contribution in [3.63, 3.8) is 0 Å². The van der Waals surface area contributed by atoms with Crippen LogP contribution in [0.25, 0.3) is 17.0 Å². The highest BCUT2D eigenvalue weighted by Gasteiger charge is 2.28. The van der Waals surface area contributed by atoms with Gasteiger partial charge in [-0.1, -0.05) is 56.0 Å². The van der Waals surface area contributed by atoms with E-state index >= 15 is 0 Å². The Morgan fingerprint density at radius 3 is 2.53 bits per heavy atom. The largest absolute Gasteiger partial charge is 0.338 e. The zero-order valence-electron chi connectivity index (χ0n) is 23.9. The van der Waals surface area contributed by atoms with E-state index in [0.29, 0.717) is 12.0 Å². The molecule has 200 valence electrons. The molecule has 2 aromatic carbocycles. The highest BCUT2D eigenvalue weighted by atomic mass is 32.2. The molecule has 1 aromatic heterocycles. The number of aromatic nitrogens is 1. The van der Waals surface area contributed by atoms with Crippen LogP contribution in [0.1, 0.15) is 58.4 Å². The van der Waals surface area contributed by atoms with Gasteiger partial charge in [0.05, 0.1) is 16.1 Å². The number of nitrogens with zero attached hydrogens (tertiary/aromatic N) is 3. The second-order valence-electron chi connectivity index (χ2n) is 11.2. The van der Waals surface area contributed by atoms with Crippen molar-refractivity contribution in [1.82, 2.24) is 4.90 Å². The molecule has 4 heteroatoms. The van der Waals surface area contributed by atoms with Gasteiger partial charge >= 0.3 is 0 Å². The molecule has 0 N–H and O–H groups in total. The second kappa shape index (κ2) is 12.1. The number of fused-ring (bicyclic) bond motifs is 2. The lowest BCUT2D eigenvalue weighted by atomic mass is 9.77. The van der Waals surface area contributed by atoms with E-state index in [1.807, 2.05) is 11.8 Å². The van der Waals surface area contributed by atoms with Crippen LogP contribution in [0.5, 0.6) is 0 Å². The SMILES string of the molecule is CCC(C)N(CC)CC1CCC(C(=C\c2cc[n+](C)c3ccccc23)/C=C2/Sc3ccccc3N2C)CC1. The normalized spacial score (nSPS) is 21.9. The summed E-state index contributed by atoms with van der Waals surface area (Å²) in [5, 5.41) is 2.66. The number of aryl methyl sites for hydroxylation is 1. The fourth-order valence-electron chi connectivity index (χ4n) is 6.25. The highest BCUT2D eigenvalue weighted by molar-refractivity contribution is 8.03. The summed E-state index contributed by atoms with van der Waals surface area (Å²) in [4.78, 5) is 6.42. The first kappa shape index (κ1) is 27.0. The van der Waals surface area contributed by atoms with Crippen molar-refractivity contribution in [2.45, 2.75) is 63.8 Å². The van der Waals surface area contributed by atoms with Crippen LogP contribution in [0, 0.1) is 11.8 Å². The van der Waals surface area contributed by atoms with Gasteiger partial charge in [0.2, 0.25) is 5.52 Å². The Bertz CT molecular complexity index is 1320. The molecule has 3 nitrogen and oxygen atoms in total. The van der Waals surface area contributed by atoms with Gasteiger partial charge in [0.1, 0.15) is 7.05 Å². The first-order chi connectivity index (χ1) is 18.5. The van der Waals surface area contributed by atoms with Crippen molar-refractivity contribution in [2.75, 3.05) is 25.0 Å². The van der Waals surface area contributed by atoms with Gasteiger partial charge in [-0.2, -0.15) is 0 Å². The van der Waals surface area contributed by atoms with Gasteiger partial charge in [-0.3, -0.25) is 0 Å². The van der Waals surface area contributed by atoms with Crippen LogP contribution in [0.4, 0.5) is 5.69 Å². The number of rotatable bonds is 8. The van der Waals surface area contributed by atoms with Crippen molar-refractivity contribution in [2.24, 2.45) is 18.9 Å². The van der Waals surface area contributed by atoms with Crippen LogP contribution in [-0.2, 0) is 7.05 Å². The molecule has 0 radical (unpaired) electrons. The summed E-state index contributed by atoms with van der Waals surface area (Å²) in [6, 6.07) is 20.5. The van der Waals surface area contributed by atoms with Crippen molar-refractivity contribution >= 4 is 34.4 Å². The van der Waals surface area contributed by atoms with Crippen molar-refractivity contribution < 1.29 is 4.57 Å². The highest BCUT2D eigenvalue weighted by Crippen LogP contribution is 2.46. The molecule has 1 fully saturated rings. The lowest BCUT2D eigenvalue weighted by Gasteiger charge is -2.35. The molecule has 1 aliphatic carbocycles. The molecule has 0 bridgehead atoms. The summed E-state index contributed by atoms with van der Waals surface area (Å²) < 4.78 is 2.23. The van der Waals surface area contributed by atoms with Crippen LogP contribution in [0.3, 0.4) is 0 Å². The van der Waals surface area contributed by atoms with Gasteiger partial charge in [0.25, 0.3) is 0 Å². The van der Waals surface area contributed by atoms with Crippen molar-refractivity contribution in [3.8, 4) is 0 Å². The van der Waals surface area contributed by atoms with Crippen LogP contribution in [0.15, 0.2) is 82.4 Å². The van der Waals surface area contributed by atoms with Crippen molar-refractivity contribution in [3.05, 3.63) is 83.0 Å². The third-order valence-electron chi connectivity index (χ3n) is 8.89. The maximum Gasteiger partial charge on any atom is 0.212 e. The Morgan fingerprint density at radius 1 is 1.05 bits per heavy atom. The number of hydrogen-bond donors (Lipinski definition) is 0. The summed E-state index contributed by atoms with van der Waals surface area (Å²) in [6.45, 7) is 9.45. The number of allylic oxidation sites excluding steroid dienone is 2. The smallest absolute Gasteiger partial charge is 0.212 e. The van der Waals surface area contributed by atoms with Crippen molar-refractivity contribution in [1.29, 1.82) is 0 Å². The number of hydrogen-bond acceptors (Lipinski definition) is 3. The maximum atomic E-state index is 2.70. The Kier molecular flexibility index (Phi) is 8.60. The average molecular weight is 527 g/mol. The summed E-state index contributed by atoms with van der Waals surface area (Å²) in [6.07, 6.45) is 13.6. The number of thioether (sulfide) groups is 1. The Balaban J connectivity index is 1.45. The molecule has 0 amide bonds. The van der Waals surface area contributed by atoms with E-state index in [0.717, 1.165) is 12.5 Å². The molecule has 1 aliphatic heterocycles. The Morgan fingerprint density at radius 2 is 1.79 bits per heavy atom. The molecule has 1 saturated carbocycles. The number of pyridine rings is 1. The quantitative estimate of drug-likeness (QED) is 0.275. The third-order valence-corrected chi connectivity index (χ3v) is 10.1. The lowest BCUT2D eigenvalue weighted by molar-refractivity contribution is -0.644. The van der Waals surface area contributed by atoms with Gasteiger partial charge < -0.3 is 9.80 Å². The fraction of sp³-hybridized carbons (Fsp3) is 0.441. The van der Waals surface area contributed by atoms with Gasteiger partial charge in [0.15, 0.2) is 6.20 Å². The lowest BCUT2D eigenvalue weighted by Crippen LogP contribution is -2.37. The molecule has 0 saturated heterocycles. The third kappa shape index (κ3) is 5.72. The van der Waals surface area contributed by atoms with Crippen LogP contribution in [0.2, 0.25) is 0 Å². The molecule has 38 heavy (non-hydrogen) atoms. The Hall–Kier alpha value is -2.56. The first-order valence-electron chi connectivity index (χ1n) is 14.5. The van der Waals surface area contributed by atoms with Gasteiger partial charge in [-0.05, 0) is 92.8 Å². The predicted molar refractivity (Wildman–Crippen MR) is 164 cm³/mol. The minimum atomic E-state index is 0.600. The monoisotopic (exact) mass is 526 g/mol. The minimum Gasteiger partial charge on any atom is -0.338 e. The van der Waals surface area contributed by atoms with E-state index < -0.39 is 0 Å². The van der Waals surface area contributed by atoms with Gasteiger partial charge in [-0.25, -0.2) is 4.57 Å². The predicted octanol–water partition coefficient (Wildman–Crippen LogP) is 8.06. The zero-order valence-corrected chi connectivity index (χ0v) is 24.7. The topological polar surface area (TPSA) is 10.4 Å². The number of benzene rings is 2. The molecule has 0 spiro atoms. The molecular weight excluding hydrogens is 482 g/mol. The second-order valence-corrected chi connectivity index (χ2v) is 12.3. The summed E-state index contributed by atoms with van der Waals surface area (Å²) in [7, 11) is 4.35. The van der Waals surface area contributed by atoms with E-state index in [2.05, 4.69) is 122 Å². The van der Waals surface area contributed by atoms with Gasteiger partial charge in [-0.15, -0.1) is 0 Å². The standard InChI is InChI=1S/C34H44N3S/c1-6-25(3)37(7-2)24-26-16-18-27(19-17-26)29(23-34-36(5)32-14-10-11-15-33(32)38-34)22-28-20-21-35(4)31-13-9-8-12-30(28)31/h8-15,20-23,25-27H,6-7,16-19,24H2,1-5H3/q+1. The van der Waals surface area contributed by atoms with E-state index in [9.17, 15) is 0 Å². The molecule has 1 unspecified atom stereocenters. The number of para-hydroxylation sites is 2. The van der Waals surface area contributed by atoms with Crippen LogP contribution in [-0.4, -0.2) is 31.1 Å². The molecular formula is C34H44N3S+. The molecule has 2 heterocycles. The molecule has 2 aliphatic rings. The van der Waals surface area contributed by atoms with Crippen LogP contribution < -0.4 is 9.47 Å². The van der Waals surface area contributed by atoms with Gasteiger partial charge in [0, 0.05) is 36.7 Å². The van der Waals surface area contributed by atoms with E-state index in [4.69, 9.17) is 0 Å². The average Bonchev–Trinajstić information content (AvgIpc) is 3.27. The Labute approximate surface area is 234 Å². The van der Waals surface area contributed by atoms with E-state index in [1.54, 1.807) is 0 Å². The molecule has 3 aromatic rings. The van der Waals surface area contributed by atoms with E-state index in [1.165, 1.54) is 76.3 Å². The maximum absolute atomic E-state index is 2.70. The molecule has 1 atom stereocenters. The minimum absolute atomic E-state index is 0.600. The summed E-state index contributed by atoms with van der Waals surface area (Å²) in [5.74, 6) is 1.42. The first-order valence-corrected chi connectivity index (χ1v) is 15.3. The summed E-state index contributed by atoms with van der Waals surface area (Å²) >= 11 is 1.91.